The lowest BCUT2D eigenvalue weighted by Crippen LogP contribution is -2.13. The summed E-state index contributed by atoms with van der Waals surface area (Å²) in [7, 11) is -3.75. The van der Waals surface area contributed by atoms with E-state index in [1.807, 2.05) is 0 Å². The van der Waals surface area contributed by atoms with Gasteiger partial charge in [-0.25, -0.2) is 13.2 Å². The number of aromatic carboxylic acids is 1. The van der Waals surface area contributed by atoms with Crippen molar-refractivity contribution < 1.29 is 23.1 Å². The fourth-order valence-corrected chi connectivity index (χ4v) is 4.40. The number of carboxylic acid groups (broad SMARTS) is 1. The van der Waals surface area contributed by atoms with Gasteiger partial charge < -0.3 is 14.4 Å². The number of anilines is 1. The Morgan fingerprint density at radius 1 is 1.18 bits per heavy atom. The number of nitrogens with zero attached hydrogens (tertiary/aromatic N) is 1. The number of hydrogen-bond acceptors (Lipinski definition) is 4. The van der Waals surface area contributed by atoms with E-state index in [1.54, 1.807) is 54.1 Å². The number of nitrogens with one attached hydrogen (secondary N) is 1. The zero-order valence-corrected chi connectivity index (χ0v) is 15.9. The maximum Gasteiger partial charge on any atom is 0.352 e. The van der Waals surface area contributed by atoms with Crippen molar-refractivity contribution in [3.05, 3.63) is 71.5 Å². The second-order valence-electron chi connectivity index (χ2n) is 6.54. The zero-order chi connectivity index (χ0) is 19.9. The first-order chi connectivity index (χ1) is 13.3. The molecule has 0 aliphatic carbocycles. The number of hydrogen-bond donors (Lipinski definition) is 2. The van der Waals surface area contributed by atoms with Crippen LogP contribution in [0.15, 0.2) is 59.6 Å². The van der Waals surface area contributed by atoms with E-state index in [0.29, 0.717) is 24.4 Å². The minimum absolute atomic E-state index is 0.136. The van der Waals surface area contributed by atoms with Crippen molar-refractivity contribution in [3.8, 4) is 11.4 Å². The van der Waals surface area contributed by atoms with Gasteiger partial charge in [0.15, 0.2) is 0 Å². The molecule has 4 rings (SSSR count). The van der Waals surface area contributed by atoms with E-state index >= 15 is 0 Å². The molecule has 2 aromatic carbocycles. The third-order valence-corrected chi connectivity index (χ3v) is 6.03. The number of ether oxygens (including phenoxy) is 1. The Labute approximate surface area is 162 Å². The van der Waals surface area contributed by atoms with Gasteiger partial charge in [-0.2, -0.15) is 0 Å². The van der Waals surface area contributed by atoms with E-state index in [4.69, 9.17) is 4.74 Å². The van der Waals surface area contributed by atoms with E-state index in [2.05, 4.69) is 4.72 Å². The Hall–Kier alpha value is -3.26. The number of carboxylic acids is 1. The molecule has 7 nitrogen and oxygen atoms in total. The Balaban J connectivity index is 1.63. The molecular formula is C20H18N2O5S. The second kappa shape index (κ2) is 6.72. The van der Waals surface area contributed by atoms with Crippen LogP contribution in [0, 0.1) is 6.92 Å². The van der Waals surface area contributed by atoms with Crippen LogP contribution >= 0.6 is 0 Å². The Morgan fingerprint density at radius 3 is 2.75 bits per heavy atom. The molecule has 0 saturated heterocycles. The zero-order valence-electron chi connectivity index (χ0n) is 15.0. The summed E-state index contributed by atoms with van der Waals surface area (Å²) in [5.41, 5.74) is 2.82. The molecular weight excluding hydrogens is 380 g/mol. The topological polar surface area (TPSA) is 97.6 Å². The minimum Gasteiger partial charge on any atom is -0.493 e. The third-order valence-electron chi connectivity index (χ3n) is 4.65. The summed E-state index contributed by atoms with van der Waals surface area (Å²) < 4.78 is 35.0. The molecule has 8 heteroatoms. The van der Waals surface area contributed by atoms with Crippen LogP contribution in [0.2, 0.25) is 0 Å². The summed E-state index contributed by atoms with van der Waals surface area (Å²) in [6, 6.07) is 13.0. The number of sulfonamides is 1. The molecule has 0 saturated carbocycles. The number of aromatic nitrogens is 1. The van der Waals surface area contributed by atoms with E-state index in [9.17, 15) is 18.3 Å². The van der Waals surface area contributed by atoms with E-state index in [-0.39, 0.29) is 10.6 Å². The predicted molar refractivity (Wildman–Crippen MR) is 104 cm³/mol. The lowest BCUT2D eigenvalue weighted by Gasteiger charge is -2.13. The van der Waals surface area contributed by atoms with Crippen molar-refractivity contribution in [1.82, 2.24) is 4.57 Å². The monoisotopic (exact) mass is 398 g/mol. The van der Waals surface area contributed by atoms with Gasteiger partial charge in [0, 0.05) is 24.0 Å². The molecule has 0 unspecified atom stereocenters. The average molecular weight is 398 g/mol. The van der Waals surface area contributed by atoms with Crippen molar-refractivity contribution in [2.45, 2.75) is 18.2 Å². The summed E-state index contributed by atoms with van der Waals surface area (Å²) in [5.74, 6) is -0.310. The number of benzene rings is 2. The third kappa shape index (κ3) is 3.22. The molecule has 0 radical (unpaired) electrons. The first-order valence-electron chi connectivity index (χ1n) is 8.65. The number of fused-ring (bicyclic) bond motifs is 1. The van der Waals surface area contributed by atoms with Crippen LogP contribution < -0.4 is 9.46 Å². The maximum atomic E-state index is 12.7. The van der Waals surface area contributed by atoms with Crippen molar-refractivity contribution in [2.24, 2.45) is 0 Å². The molecule has 1 aromatic heterocycles. The van der Waals surface area contributed by atoms with Crippen LogP contribution in [-0.4, -0.2) is 30.7 Å². The number of carbonyl (C=O) groups is 1. The molecule has 0 spiro atoms. The SMILES string of the molecule is Cc1cc(NS(=O)(=O)c2ccc3c(c2)CCO3)ccc1-n1cccc1C(=O)O. The first-order valence-corrected chi connectivity index (χ1v) is 10.1. The smallest absolute Gasteiger partial charge is 0.352 e. The Morgan fingerprint density at radius 2 is 2.00 bits per heavy atom. The molecule has 2 N–H and O–H groups in total. The number of rotatable bonds is 5. The van der Waals surface area contributed by atoms with Crippen molar-refractivity contribution in [1.29, 1.82) is 0 Å². The highest BCUT2D eigenvalue weighted by Crippen LogP contribution is 2.29. The van der Waals surface area contributed by atoms with Gasteiger partial charge in [-0.05, 0) is 66.6 Å². The quantitative estimate of drug-likeness (QED) is 0.688. The highest BCUT2D eigenvalue weighted by Gasteiger charge is 2.20. The summed E-state index contributed by atoms with van der Waals surface area (Å²) >= 11 is 0. The Bertz CT molecular complexity index is 1180. The molecule has 0 amide bonds. The van der Waals surface area contributed by atoms with E-state index in [0.717, 1.165) is 16.9 Å². The van der Waals surface area contributed by atoms with Gasteiger partial charge in [0.25, 0.3) is 10.0 Å². The van der Waals surface area contributed by atoms with Crippen molar-refractivity contribution in [3.63, 3.8) is 0 Å². The van der Waals surface area contributed by atoms with Crippen LogP contribution in [0.5, 0.6) is 5.75 Å². The lowest BCUT2D eigenvalue weighted by molar-refractivity contribution is 0.0688. The van der Waals surface area contributed by atoms with Gasteiger partial charge in [0.1, 0.15) is 11.4 Å². The Kier molecular flexibility index (Phi) is 4.35. The highest BCUT2D eigenvalue weighted by molar-refractivity contribution is 7.92. The van der Waals surface area contributed by atoms with Gasteiger partial charge in [-0.15, -0.1) is 0 Å². The summed E-state index contributed by atoms with van der Waals surface area (Å²) in [5, 5.41) is 9.29. The molecule has 28 heavy (non-hydrogen) atoms. The van der Waals surface area contributed by atoms with Crippen LogP contribution in [0.1, 0.15) is 21.6 Å². The standard InChI is InChI=1S/C20H18N2O5S/c1-13-11-15(4-6-17(13)22-9-2-3-18(22)20(23)24)21-28(25,26)16-5-7-19-14(12-16)8-10-27-19/h2-7,9,11-12,21H,8,10H2,1H3,(H,23,24). The van der Waals surface area contributed by atoms with Crippen LogP contribution in [0.4, 0.5) is 5.69 Å². The molecule has 1 aliphatic heterocycles. The van der Waals surface area contributed by atoms with Gasteiger partial charge in [-0.3, -0.25) is 4.72 Å². The predicted octanol–water partition coefficient (Wildman–Crippen LogP) is 3.22. The molecule has 144 valence electrons. The molecule has 3 aromatic rings. The van der Waals surface area contributed by atoms with Gasteiger partial charge in [0.2, 0.25) is 0 Å². The average Bonchev–Trinajstić information content (AvgIpc) is 3.30. The summed E-state index contributed by atoms with van der Waals surface area (Å²) in [6.07, 6.45) is 2.34. The molecule has 2 heterocycles. The van der Waals surface area contributed by atoms with Gasteiger partial charge in [0.05, 0.1) is 11.5 Å². The normalized spacial score (nSPS) is 13.0. The van der Waals surface area contributed by atoms with E-state index < -0.39 is 16.0 Å². The van der Waals surface area contributed by atoms with Crippen molar-refractivity contribution >= 4 is 21.7 Å². The fourth-order valence-electron chi connectivity index (χ4n) is 3.30. The van der Waals surface area contributed by atoms with Gasteiger partial charge in [-0.1, -0.05) is 0 Å². The molecule has 0 atom stereocenters. The minimum atomic E-state index is -3.75. The summed E-state index contributed by atoms with van der Waals surface area (Å²) in [6.45, 7) is 2.36. The van der Waals surface area contributed by atoms with Crippen LogP contribution in [0.3, 0.4) is 0 Å². The van der Waals surface area contributed by atoms with E-state index in [1.165, 1.54) is 12.1 Å². The fraction of sp³-hybridized carbons (Fsp3) is 0.150. The number of aryl methyl sites for hydroxylation is 1. The highest BCUT2D eigenvalue weighted by atomic mass is 32.2. The maximum absolute atomic E-state index is 12.7. The summed E-state index contributed by atoms with van der Waals surface area (Å²) in [4.78, 5) is 11.5. The van der Waals surface area contributed by atoms with Crippen LogP contribution in [0.25, 0.3) is 5.69 Å². The molecule has 0 bridgehead atoms. The molecule has 0 fully saturated rings. The first kappa shape index (κ1) is 18.1. The molecule has 1 aliphatic rings. The van der Waals surface area contributed by atoms with Crippen LogP contribution in [-0.2, 0) is 16.4 Å². The van der Waals surface area contributed by atoms with Gasteiger partial charge >= 0.3 is 5.97 Å². The largest absolute Gasteiger partial charge is 0.493 e. The lowest BCUT2D eigenvalue weighted by atomic mass is 10.1. The van der Waals surface area contributed by atoms with Crippen molar-refractivity contribution in [2.75, 3.05) is 11.3 Å². The second-order valence-corrected chi connectivity index (χ2v) is 8.23.